The minimum Gasteiger partial charge on any atom is -0.394 e. The van der Waals surface area contributed by atoms with Crippen LogP contribution in [0.5, 0.6) is 0 Å². The van der Waals surface area contributed by atoms with E-state index in [1.165, 1.54) is 10.9 Å². The van der Waals surface area contributed by atoms with E-state index in [1.807, 2.05) is 0 Å². The molecule has 5 atom stereocenters. The van der Waals surface area contributed by atoms with Gasteiger partial charge in [-0.25, -0.2) is 25.0 Å². The van der Waals surface area contributed by atoms with Crippen molar-refractivity contribution in [1.29, 1.82) is 0 Å². The molecule has 0 aromatic carbocycles. The first-order chi connectivity index (χ1) is 10.8. The average Bonchev–Trinajstić information content (AvgIpc) is 3.01. The fourth-order valence-corrected chi connectivity index (χ4v) is 2.85. The molecule has 7 N–H and O–H groups in total. The lowest BCUT2D eigenvalue weighted by Gasteiger charge is -2.16. The van der Waals surface area contributed by atoms with Gasteiger partial charge in [-0.1, -0.05) is 0 Å². The van der Waals surface area contributed by atoms with Crippen LogP contribution in [0.4, 0.5) is 5.82 Å². The first-order valence-corrected chi connectivity index (χ1v) is 8.24. The molecule has 1 saturated heterocycles. The summed E-state index contributed by atoms with van der Waals surface area (Å²) < 4.78 is 18.0. The van der Waals surface area contributed by atoms with Crippen molar-refractivity contribution in [2.24, 2.45) is 5.50 Å². The summed E-state index contributed by atoms with van der Waals surface area (Å²) >= 11 is 0. The zero-order valence-corrected chi connectivity index (χ0v) is 12.5. The summed E-state index contributed by atoms with van der Waals surface area (Å²) in [5.74, 6) is -0.0613. The zero-order valence-electron chi connectivity index (χ0n) is 11.6. The Kier molecular flexibility index (Phi) is 4.06. The Morgan fingerprint density at radius 1 is 1.35 bits per heavy atom. The van der Waals surface area contributed by atoms with Gasteiger partial charge in [0.1, 0.15) is 24.6 Å². The number of imidazole rings is 1. The third kappa shape index (κ3) is 2.93. The second-order valence-electron chi connectivity index (χ2n) is 5.01. The smallest absolute Gasteiger partial charge is 0.361 e. The predicted octanol–water partition coefficient (Wildman–Crippen LogP) is -2.09. The fraction of sp³-hybridized carbons (Fsp3) is 0.500. The van der Waals surface area contributed by atoms with Crippen molar-refractivity contribution in [3.8, 4) is 0 Å². The molecule has 23 heavy (non-hydrogen) atoms. The van der Waals surface area contributed by atoms with E-state index in [0.29, 0.717) is 0 Å². The molecular formula is C10H15N6O6P. The van der Waals surface area contributed by atoms with Gasteiger partial charge in [0.2, 0.25) is 0 Å². The quantitative estimate of drug-likeness (QED) is 0.333. The Labute approximate surface area is 129 Å². The largest absolute Gasteiger partial charge is 0.394 e. The van der Waals surface area contributed by atoms with E-state index in [-0.39, 0.29) is 17.0 Å². The second-order valence-corrected chi connectivity index (χ2v) is 6.48. The monoisotopic (exact) mass is 346 g/mol. The molecule has 2 aromatic rings. The molecule has 1 aliphatic heterocycles. The molecule has 0 radical (unpaired) electrons. The van der Waals surface area contributed by atoms with E-state index < -0.39 is 38.8 Å². The van der Waals surface area contributed by atoms with Gasteiger partial charge in [-0.15, -0.1) is 0 Å². The van der Waals surface area contributed by atoms with Gasteiger partial charge < -0.3 is 24.9 Å². The molecule has 1 fully saturated rings. The van der Waals surface area contributed by atoms with Crippen molar-refractivity contribution in [2.75, 3.05) is 11.7 Å². The average molecular weight is 346 g/mol. The lowest BCUT2D eigenvalue weighted by atomic mass is 10.1. The molecule has 3 rings (SSSR count). The van der Waals surface area contributed by atoms with Crippen molar-refractivity contribution in [2.45, 2.75) is 24.5 Å². The molecule has 1 aliphatic rings. The van der Waals surface area contributed by atoms with Crippen LogP contribution in [0.1, 0.15) is 6.23 Å². The number of hydrogen-bond donors (Lipinski definition) is 6. The summed E-state index contributed by atoms with van der Waals surface area (Å²) in [5.41, 5.74) is 5.36. The van der Waals surface area contributed by atoms with Crippen LogP contribution in [0.3, 0.4) is 0 Å². The SMILES string of the molecule is NP(=O)(O)Nc1ncnc2c1ncn2[C@@H]1O[C@H](CO)[C@@H](O)[C@H]1O. The van der Waals surface area contributed by atoms with Crippen LogP contribution in [-0.2, 0) is 9.30 Å². The van der Waals surface area contributed by atoms with E-state index in [4.69, 9.17) is 15.3 Å². The number of fused-ring (bicyclic) bond motifs is 1. The van der Waals surface area contributed by atoms with Gasteiger partial charge in [0.15, 0.2) is 23.2 Å². The van der Waals surface area contributed by atoms with E-state index >= 15 is 0 Å². The minimum atomic E-state index is -4.09. The van der Waals surface area contributed by atoms with E-state index in [0.717, 1.165) is 6.33 Å². The summed E-state index contributed by atoms with van der Waals surface area (Å²) in [6, 6.07) is 0. The normalized spacial score (nSPS) is 30.5. The maximum atomic E-state index is 11.3. The van der Waals surface area contributed by atoms with Crippen LogP contribution in [0.15, 0.2) is 12.7 Å². The molecule has 0 spiro atoms. The van der Waals surface area contributed by atoms with Gasteiger partial charge in [-0.3, -0.25) is 9.65 Å². The van der Waals surface area contributed by atoms with Crippen molar-refractivity contribution in [1.82, 2.24) is 19.5 Å². The van der Waals surface area contributed by atoms with E-state index in [1.54, 1.807) is 0 Å². The summed E-state index contributed by atoms with van der Waals surface area (Å²) in [5, 5.41) is 31.1. The Hall–Kier alpha value is -1.66. The molecule has 0 amide bonds. The Morgan fingerprint density at radius 2 is 2.09 bits per heavy atom. The van der Waals surface area contributed by atoms with Crippen molar-refractivity contribution in [3.05, 3.63) is 12.7 Å². The maximum Gasteiger partial charge on any atom is 0.361 e. The number of aliphatic hydroxyl groups is 3. The highest BCUT2D eigenvalue weighted by Crippen LogP contribution is 2.35. The second kappa shape index (κ2) is 5.76. The predicted molar refractivity (Wildman–Crippen MR) is 76.0 cm³/mol. The number of aromatic nitrogens is 4. The van der Waals surface area contributed by atoms with Crippen molar-refractivity contribution in [3.63, 3.8) is 0 Å². The number of aliphatic hydroxyl groups excluding tert-OH is 3. The molecule has 0 bridgehead atoms. The van der Waals surface area contributed by atoms with Gasteiger partial charge in [-0.2, -0.15) is 0 Å². The highest BCUT2D eigenvalue weighted by atomic mass is 31.2. The molecule has 0 aliphatic carbocycles. The molecule has 1 unspecified atom stereocenters. The maximum absolute atomic E-state index is 11.3. The lowest BCUT2D eigenvalue weighted by molar-refractivity contribution is -0.0511. The van der Waals surface area contributed by atoms with Gasteiger partial charge >= 0.3 is 7.67 Å². The fourth-order valence-electron chi connectivity index (χ4n) is 2.38. The molecule has 12 nitrogen and oxygen atoms in total. The third-order valence-corrected chi connectivity index (χ3v) is 3.95. The molecule has 0 saturated carbocycles. The highest BCUT2D eigenvalue weighted by molar-refractivity contribution is 7.57. The Balaban J connectivity index is 2.01. The number of hydrogen-bond acceptors (Lipinski definition) is 8. The van der Waals surface area contributed by atoms with Crippen molar-refractivity contribution < 1.29 is 29.5 Å². The standard InChI is InChI=1S/C10H15N6O6P/c11-23(20,21)15-8-5-9(13-2-12-8)16(3-14-5)10-7(19)6(18)4(1-17)22-10/h2-4,6-7,10,17-19H,1H2,(H4,11,12,13,15,20,21)/t4-,6-,7-,10-/m1/s1. The van der Waals surface area contributed by atoms with Crippen LogP contribution >= 0.6 is 7.67 Å². The molecular weight excluding hydrogens is 331 g/mol. The van der Waals surface area contributed by atoms with E-state index in [2.05, 4.69) is 20.0 Å². The molecule has 126 valence electrons. The van der Waals surface area contributed by atoms with Gasteiger partial charge in [0, 0.05) is 0 Å². The van der Waals surface area contributed by atoms with Gasteiger partial charge in [0.25, 0.3) is 0 Å². The van der Waals surface area contributed by atoms with E-state index in [9.17, 15) is 19.7 Å². The topological polar surface area (TPSA) is 189 Å². The molecule has 13 heteroatoms. The van der Waals surface area contributed by atoms with Gasteiger partial charge in [0.05, 0.1) is 12.9 Å². The van der Waals surface area contributed by atoms with Crippen LogP contribution in [0, 0.1) is 0 Å². The first kappa shape index (κ1) is 16.2. The number of nitrogens with zero attached hydrogens (tertiary/aromatic N) is 4. The summed E-state index contributed by atoms with van der Waals surface area (Å²) in [6.07, 6.45) is -2.19. The summed E-state index contributed by atoms with van der Waals surface area (Å²) in [6.45, 7) is -0.468. The zero-order chi connectivity index (χ0) is 16.8. The summed E-state index contributed by atoms with van der Waals surface area (Å²) in [4.78, 5) is 21.0. The van der Waals surface area contributed by atoms with Crippen LogP contribution in [0.25, 0.3) is 11.2 Å². The number of rotatable bonds is 4. The number of ether oxygens (including phenoxy) is 1. The highest BCUT2D eigenvalue weighted by Gasteiger charge is 2.44. The lowest BCUT2D eigenvalue weighted by Crippen LogP contribution is -2.33. The number of anilines is 1. The summed E-state index contributed by atoms with van der Waals surface area (Å²) in [7, 11) is -4.09. The Bertz CT molecular complexity index is 763. The molecule has 2 aromatic heterocycles. The van der Waals surface area contributed by atoms with Crippen LogP contribution in [0.2, 0.25) is 0 Å². The Morgan fingerprint density at radius 3 is 2.70 bits per heavy atom. The number of nitrogens with two attached hydrogens (primary N) is 1. The third-order valence-electron chi connectivity index (χ3n) is 3.42. The van der Waals surface area contributed by atoms with Crippen LogP contribution < -0.4 is 10.6 Å². The molecule has 3 heterocycles. The van der Waals surface area contributed by atoms with Crippen LogP contribution in [-0.4, -0.2) is 64.7 Å². The van der Waals surface area contributed by atoms with Gasteiger partial charge in [-0.05, 0) is 0 Å². The minimum absolute atomic E-state index is 0.0613. The number of nitrogens with one attached hydrogen (secondary N) is 1. The first-order valence-electron chi connectivity index (χ1n) is 6.51. The van der Waals surface area contributed by atoms with Crippen molar-refractivity contribution >= 4 is 24.7 Å².